The summed E-state index contributed by atoms with van der Waals surface area (Å²) in [6, 6.07) is 11.9. The van der Waals surface area contributed by atoms with Gasteiger partial charge in [-0.25, -0.2) is 4.79 Å². The number of nitrogens with one attached hydrogen (secondary N) is 1. The van der Waals surface area contributed by atoms with E-state index in [1.165, 1.54) is 6.42 Å². The number of carbonyl (C=O) groups excluding carboxylic acids is 1. The van der Waals surface area contributed by atoms with Crippen LogP contribution in [0.5, 0.6) is 0 Å². The van der Waals surface area contributed by atoms with Crippen molar-refractivity contribution >= 4 is 6.09 Å². The number of nitriles is 1. The Morgan fingerprint density at radius 1 is 1.21 bits per heavy atom. The summed E-state index contributed by atoms with van der Waals surface area (Å²) < 4.78 is 5.43. The number of alkyl carbamates (subject to hydrolysis) is 1. The van der Waals surface area contributed by atoms with Crippen LogP contribution in [-0.4, -0.2) is 17.7 Å². The molecule has 1 aliphatic rings. The number of benzene rings is 1. The molecule has 4 nitrogen and oxygen atoms in total. The van der Waals surface area contributed by atoms with Gasteiger partial charge in [0.2, 0.25) is 0 Å². The van der Waals surface area contributed by atoms with E-state index in [4.69, 9.17) is 4.74 Å². The Hall–Kier alpha value is -2.02. The molecule has 0 aliphatic heterocycles. The van der Waals surface area contributed by atoms with Gasteiger partial charge in [0.15, 0.2) is 0 Å². The lowest BCUT2D eigenvalue weighted by molar-refractivity contribution is 0.0471. The Kier molecular flexibility index (Phi) is 6.25. The van der Waals surface area contributed by atoms with E-state index >= 15 is 0 Å². The first-order valence-electron chi connectivity index (χ1n) is 8.85. The molecule has 1 saturated carbocycles. The molecule has 1 amide bonds. The van der Waals surface area contributed by atoms with E-state index in [0.29, 0.717) is 5.92 Å². The van der Waals surface area contributed by atoms with E-state index in [0.717, 1.165) is 31.2 Å². The third-order valence-corrected chi connectivity index (χ3v) is 4.50. The number of amides is 1. The highest BCUT2D eigenvalue weighted by Gasteiger charge is 2.34. The van der Waals surface area contributed by atoms with Crippen LogP contribution in [0.15, 0.2) is 30.3 Å². The van der Waals surface area contributed by atoms with Crippen LogP contribution in [-0.2, 0) is 4.74 Å². The lowest BCUT2D eigenvalue weighted by Gasteiger charge is -2.34. The summed E-state index contributed by atoms with van der Waals surface area (Å²) in [5.41, 5.74) is 0.405. The lowest BCUT2D eigenvalue weighted by atomic mass is 9.77. The third kappa shape index (κ3) is 5.26. The van der Waals surface area contributed by atoms with Crippen molar-refractivity contribution in [1.29, 1.82) is 5.26 Å². The Balaban J connectivity index is 2.21. The molecule has 0 heterocycles. The Morgan fingerprint density at radius 2 is 1.83 bits per heavy atom. The van der Waals surface area contributed by atoms with Gasteiger partial charge in [-0.3, -0.25) is 0 Å². The summed E-state index contributed by atoms with van der Waals surface area (Å²) in [6.45, 7) is 5.55. The van der Waals surface area contributed by atoms with Gasteiger partial charge in [-0.15, -0.1) is 0 Å². The number of nitrogens with zero attached hydrogens (tertiary/aromatic N) is 1. The topological polar surface area (TPSA) is 62.1 Å². The van der Waals surface area contributed by atoms with Gasteiger partial charge in [-0.2, -0.15) is 5.26 Å². The molecular weight excluding hydrogens is 300 g/mol. The molecule has 1 N–H and O–H groups in total. The fourth-order valence-corrected chi connectivity index (χ4v) is 3.43. The average Bonchev–Trinajstić information content (AvgIpc) is 2.55. The highest BCUT2D eigenvalue weighted by Crippen LogP contribution is 2.33. The normalized spacial score (nSPS) is 18.2. The summed E-state index contributed by atoms with van der Waals surface area (Å²) in [5.74, 6) is -0.0436. The second kappa shape index (κ2) is 8.19. The molecule has 2 rings (SSSR count). The van der Waals surface area contributed by atoms with Crippen LogP contribution in [0.1, 0.15) is 64.4 Å². The summed E-state index contributed by atoms with van der Waals surface area (Å²) in [7, 11) is 0. The largest absolute Gasteiger partial charge is 0.444 e. The number of ether oxygens (including phenoxy) is 1. The van der Waals surface area contributed by atoms with Crippen molar-refractivity contribution < 1.29 is 9.53 Å². The van der Waals surface area contributed by atoms with E-state index in [-0.39, 0.29) is 12.0 Å². The smallest absolute Gasteiger partial charge is 0.407 e. The zero-order valence-electron chi connectivity index (χ0n) is 14.9. The van der Waals surface area contributed by atoms with Crippen molar-refractivity contribution in [2.24, 2.45) is 5.92 Å². The van der Waals surface area contributed by atoms with E-state index in [1.54, 1.807) is 0 Å². The molecule has 0 radical (unpaired) electrons. The lowest BCUT2D eigenvalue weighted by Crippen LogP contribution is -2.46. The molecule has 130 valence electrons. The molecule has 1 aromatic carbocycles. The molecule has 1 aliphatic carbocycles. The van der Waals surface area contributed by atoms with Crippen LogP contribution in [0.3, 0.4) is 0 Å². The zero-order chi connectivity index (χ0) is 17.6. The van der Waals surface area contributed by atoms with Crippen molar-refractivity contribution in [3.05, 3.63) is 35.9 Å². The average molecular weight is 328 g/mol. The summed E-state index contributed by atoms with van der Waals surface area (Å²) in [5, 5.41) is 12.8. The summed E-state index contributed by atoms with van der Waals surface area (Å²) in [6.07, 6.45) is 5.21. The van der Waals surface area contributed by atoms with Crippen LogP contribution >= 0.6 is 0 Å². The van der Waals surface area contributed by atoms with Crippen LogP contribution in [0.4, 0.5) is 4.79 Å². The minimum Gasteiger partial charge on any atom is -0.444 e. The second-order valence-electron chi connectivity index (χ2n) is 7.59. The number of rotatable bonds is 4. The quantitative estimate of drug-likeness (QED) is 0.866. The Bertz CT molecular complexity index is 566. The maximum absolute atomic E-state index is 12.3. The first-order valence-corrected chi connectivity index (χ1v) is 8.85. The van der Waals surface area contributed by atoms with Crippen molar-refractivity contribution in [2.75, 3.05) is 0 Å². The summed E-state index contributed by atoms with van der Waals surface area (Å²) >= 11 is 0. The molecule has 0 saturated heterocycles. The van der Waals surface area contributed by atoms with E-state index < -0.39 is 11.7 Å². The SMILES string of the molecule is CC(C)(C)OC(=O)N[C@H](C1CCCCC1)[C@@H](C#N)c1ccccc1. The van der Waals surface area contributed by atoms with Crippen LogP contribution in [0.25, 0.3) is 0 Å². The zero-order valence-corrected chi connectivity index (χ0v) is 14.9. The van der Waals surface area contributed by atoms with Gasteiger partial charge in [0.1, 0.15) is 5.60 Å². The first kappa shape index (κ1) is 18.3. The predicted molar refractivity (Wildman–Crippen MR) is 94.5 cm³/mol. The van der Waals surface area contributed by atoms with Crippen LogP contribution in [0, 0.1) is 17.2 Å². The predicted octanol–water partition coefficient (Wildman–Crippen LogP) is 4.77. The van der Waals surface area contributed by atoms with Gasteiger partial charge in [-0.05, 0) is 45.1 Å². The molecule has 4 heteroatoms. The minimum atomic E-state index is -0.546. The Morgan fingerprint density at radius 3 is 2.38 bits per heavy atom. The molecule has 0 unspecified atom stereocenters. The molecule has 0 aromatic heterocycles. The number of hydrogen-bond acceptors (Lipinski definition) is 3. The molecule has 2 atom stereocenters. The van der Waals surface area contributed by atoms with Gasteiger partial charge < -0.3 is 10.1 Å². The van der Waals surface area contributed by atoms with Crippen molar-refractivity contribution in [3.8, 4) is 6.07 Å². The van der Waals surface area contributed by atoms with Gasteiger partial charge in [0, 0.05) is 0 Å². The first-order chi connectivity index (χ1) is 11.4. The van der Waals surface area contributed by atoms with Crippen molar-refractivity contribution in [2.45, 2.75) is 70.4 Å². The molecular formula is C20H28N2O2. The highest BCUT2D eigenvalue weighted by atomic mass is 16.6. The Labute approximate surface area is 145 Å². The van der Waals surface area contributed by atoms with Crippen LogP contribution < -0.4 is 5.32 Å². The number of carbonyl (C=O) groups is 1. The van der Waals surface area contributed by atoms with Crippen molar-refractivity contribution in [1.82, 2.24) is 5.32 Å². The van der Waals surface area contributed by atoms with Gasteiger partial charge in [-0.1, -0.05) is 49.6 Å². The highest BCUT2D eigenvalue weighted by molar-refractivity contribution is 5.68. The van der Waals surface area contributed by atoms with E-state index in [9.17, 15) is 10.1 Å². The molecule has 1 aromatic rings. The monoisotopic (exact) mass is 328 g/mol. The van der Waals surface area contributed by atoms with Gasteiger partial charge in [0.25, 0.3) is 0 Å². The molecule has 0 spiro atoms. The number of hydrogen-bond donors (Lipinski definition) is 1. The van der Waals surface area contributed by atoms with E-state index in [2.05, 4.69) is 11.4 Å². The van der Waals surface area contributed by atoms with Gasteiger partial charge in [0.05, 0.1) is 18.0 Å². The third-order valence-electron chi connectivity index (χ3n) is 4.50. The van der Waals surface area contributed by atoms with Crippen molar-refractivity contribution in [3.63, 3.8) is 0 Å². The molecule has 24 heavy (non-hydrogen) atoms. The fraction of sp³-hybridized carbons (Fsp3) is 0.600. The maximum atomic E-state index is 12.3. The van der Waals surface area contributed by atoms with Crippen LogP contribution in [0.2, 0.25) is 0 Å². The summed E-state index contributed by atoms with van der Waals surface area (Å²) in [4.78, 5) is 12.3. The minimum absolute atomic E-state index is 0.215. The fourth-order valence-electron chi connectivity index (χ4n) is 3.43. The maximum Gasteiger partial charge on any atom is 0.407 e. The molecule has 0 bridgehead atoms. The van der Waals surface area contributed by atoms with E-state index in [1.807, 2.05) is 51.1 Å². The standard InChI is InChI=1S/C20H28N2O2/c1-20(2,3)24-19(23)22-18(16-12-8-5-9-13-16)17(14-21)15-10-6-4-7-11-15/h4,6-7,10-11,16-18H,5,8-9,12-13H2,1-3H3,(H,22,23)/t17-,18+/m0/s1. The van der Waals surface area contributed by atoms with Gasteiger partial charge >= 0.3 is 6.09 Å². The molecule has 1 fully saturated rings. The second-order valence-corrected chi connectivity index (χ2v) is 7.59.